The summed E-state index contributed by atoms with van der Waals surface area (Å²) >= 11 is 0. The SMILES string of the molecule is CCCCCCOc1cc(O)c(-c2ccccc2O)c(F)c1F. The maximum absolute atomic E-state index is 14.3. The summed E-state index contributed by atoms with van der Waals surface area (Å²) in [7, 11) is 0. The Bertz CT molecular complexity index is 672. The van der Waals surface area contributed by atoms with Crippen LogP contribution < -0.4 is 4.74 Å². The van der Waals surface area contributed by atoms with Crippen LogP contribution in [0.2, 0.25) is 0 Å². The molecule has 0 saturated heterocycles. The first kappa shape index (κ1) is 17.1. The topological polar surface area (TPSA) is 49.7 Å². The van der Waals surface area contributed by atoms with Gasteiger partial charge in [-0.15, -0.1) is 0 Å². The first-order chi connectivity index (χ1) is 11.1. The monoisotopic (exact) mass is 322 g/mol. The lowest BCUT2D eigenvalue weighted by atomic mass is 10.0. The molecule has 0 saturated carbocycles. The molecule has 0 aromatic heterocycles. The Morgan fingerprint density at radius 2 is 1.70 bits per heavy atom. The Labute approximate surface area is 134 Å². The van der Waals surface area contributed by atoms with Gasteiger partial charge in [-0.25, -0.2) is 4.39 Å². The number of rotatable bonds is 7. The third-order valence-electron chi connectivity index (χ3n) is 3.58. The second-order valence-corrected chi connectivity index (χ2v) is 5.32. The van der Waals surface area contributed by atoms with Crippen molar-refractivity contribution in [2.45, 2.75) is 32.6 Å². The van der Waals surface area contributed by atoms with E-state index in [9.17, 15) is 19.0 Å². The van der Waals surface area contributed by atoms with Gasteiger partial charge in [-0.2, -0.15) is 4.39 Å². The average molecular weight is 322 g/mol. The normalized spacial score (nSPS) is 10.7. The van der Waals surface area contributed by atoms with E-state index in [1.165, 1.54) is 12.1 Å². The molecule has 0 aliphatic carbocycles. The van der Waals surface area contributed by atoms with E-state index >= 15 is 0 Å². The van der Waals surface area contributed by atoms with Crippen LogP contribution >= 0.6 is 0 Å². The van der Waals surface area contributed by atoms with Crippen molar-refractivity contribution in [3.05, 3.63) is 42.0 Å². The van der Waals surface area contributed by atoms with Gasteiger partial charge in [0.15, 0.2) is 11.6 Å². The van der Waals surface area contributed by atoms with E-state index in [0.29, 0.717) is 0 Å². The van der Waals surface area contributed by atoms with Crippen molar-refractivity contribution in [2.24, 2.45) is 0 Å². The Morgan fingerprint density at radius 1 is 0.957 bits per heavy atom. The van der Waals surface area contributed by atoms with Gasteiger partial charge in [0.05, 0.1) is 12.2 Å². The summed E-state index contributed by atoms with van der Waals surface area (Å²) in [6, 6.07) is 6.89. The van der Waals surface area contributed by atoms with Gasteiger partial charge >= 0.3 is 0 Å². The second kappa shape index (κ2) is 7.81. The maximum Gasteiger partial charge on any atom is 0.201 e. The molecular weight excluding hydrogens is 302 g/mol. The molecule has 0 fully saturated rings. The number of ether oxygens (including phenoxy) is 1. The van der Waals surface area contributed by atoms with Crippen LogP contribution in [-0.4, -0.2) is 16.8 Å². The summed E-state index contributed by atoms with van der Waals surface area (Å²) < 4.78 is 33.7. The van der Waals surface area contributed by atoms with Crippen molar-refractivity contribution in [1.82, 2.24) is 0 Å². The molecule has 2 aromatic rings. The lowest BCUT2D eigenvalue weighted by Gasteiger charge is -2.13. The van der Waals surface area contributed by atoms with E-state index in [2.05, 4.69) is 6.92 Å². The minimum Gasteiger partial charge on any atom is -0.507 e. The first-order valence-corrected chi connectivity index (χ1v) is 7.68. The largest absolute Gasteiger partial charge is 0.507 e. The van der Waals surface area contributed by atoms with Crippen LogP contribution in [0.1, 0.15) is 32.6 Å². The minimum atomic E-state index is -1.24. The Balaban J connectivity index is 2.25. The zero-order valence-corrected chi connectivity index (χ0v) is 13.0. The van der Waals surface area contributed by atoms with Crippen LogP contribution in [0.15, 0.2) is 30.3 Å². The number of unbranched alkanes of at least 4 members (excludes halogenated alkanes) is 3. The summed E-state index contributed by atoms with van der Waals surface area (Å²) in [4.78, 5) is 0. The highest BCUT2D eigenvalue weighted by Gasteiger charge is 2.22. The number of hydrogen-bond acceptors (Lipinski definition) is 3. The van der Waals surface area contributed by atoms with Gasteiger partial charge in [0.2, 0.25) is 5.82 Å². The number of aromatic hydroxyl groups is 2. The Hall–Kier alpha value is -2.30. The van der Waals surface area contributed by atoms with Crippen LogP contribution in [0, 0.1) is 11.6 Å². The fraction of sp³-hybridized carbons (Fsp3) is 0.333. The molecule has 3 nitrogen and oxygen atoms in total. The summed E-state index contributed by atoms with van der Waals surface area (Å²) in [5.74, 6) is -3.45. The molecule has 2 N–H and O–H groups in total. The van der Waals surface area contributed by atoms with E-state index < -0.39 is 17.4 Å². The predicted molar refractivity (Wildman–Crippen MR) is 84.8 cm³/mol. The molecule has 0 spiro atoms. The van der Waals surface area contributed by atoms with Crippen molar-refractivity contribution in [1.29, 1.82) is 0 Å². The molecule has 0 bridgehead atoms. The standard InChI is InChI=1S/C18H20F2O3/c1-2-3-4-7-10-23-15-11-14(22)16(18(20)17(15)19)12-8-5-6-9-13(12)21/h5-6,8-9,11,21-22H,2-4,7,10H2,1H3. The zero-order valence-electron chi connectivity index (χ0n) is 13.0. The zero-order chi connectivity index (χ0) is 16.8. The van der Waals surface area contributed by atoms with Gasteiger partial charge in [0.1, 0.15) is 11.5 Å². The van der Waals surface area contributed by atoms with E-state index in [1.807, 2.05) is 0 Å². The number of phenols is 2. The van der Waals surface area contributed by atoms with Crippen molar-refractivity contribution in [2.75, 3.05) is 6.61 Å². The lowest BCUT2D eigenvalue weighted by Crippen LogP contribution is -2.02. The van der Waals surface area contributed by atoms with Crippen molar-refractivity contribution in [3.63, 3.8) is 0 Å². The van der Waals surface area contributed by atoms with Gasteiger partial charge in [0.25, 0.3) is 0 Å². The van der Waals surface area contributed by atoms with Crippen molar-refractivity contribution < 1.29 is 23.7 Å². The third kappa shape index (κ3) is 3.92. The average Bonchev–Trinajstić information content (AvgIpc) is 2.53. The Kier molecular flexibility index (Phi) is 5.79. The molecule has 0 unspecified atom stereocenters. The van der Waals surface area contributed by atoms with Crippen molar-refractivity contribution >= 4 is 0 Å². The molecule has 0 radical (unpaired) electrons. The van der Waals surface area contributed by atoms with Crippen LogP contribution in [0.25, 0.3) is 11.1 Å². The van der Waals surface area contributed by atoms with Crippen LogP contribution in [-0.2, 0) is 0 Å². The molecule has 0 aliphatic heterocycles. The molecule has 23 heavy (non-hydrogen) atoms. The van der Waals surface area contributed by atoms with Crippen LogP contribution in [0.3, 0.4) is 0 Å². The quantitative estimate of drug-likeness (QED) is 0.705. The van der Waals surface area contributed by atoms with Gasteiger partial charge in [-0.05, 0) is 12.5 Å². The first-order valence-electron chi connectivity index (χ1n) is 7.68. The number of para-hydroxylation sites is 1. The second-order valence-electron chi connectivity index (χ2n) is 5.32. The molecule has 2 aromatic carbocycles. The summed E-state index contributed by atoms with van der Waals surface area (Å²) in [5.41, 5.74) is -0.352. The fourth-order valence-corrected chi connectivity index (χ4v) is 2.35. The van der Waals surface area contributed by atoms with Crippen molar-refractivity contribution in [3.8, 4) is 28.4 Å². The molecule has 0 aliphatic rings. The number of hydrogen-bond donors (Lipinski definition) is 2. The van der Waals surface area contributed by atoms with Gasteiger partial charge in [-0.3, -0.25) is 0 Å². The third-order valence-corrected chi connectivity index (χ3v) is 3.58. The lowest BCUT2D eigenvalue weighted by molar-refractivity contribution is 0.283. The molecular formula is C18H20F2O3. The smallest absolute Gasteiger partial charge is 0.201 e. The van der Waals surface area contributed by atoms with Crippen LogP contribution in [0.4, 0.5) is 8.78 Å². The molecule has 0 heterocycles. The molecule has 2 rings (SSSR count). The predicted octanol–water partition coefficient (Wildman–Crippen LogP) is 5.00. The van der Waals surface area contributed by atoms with Gasteiger partial charge in [-0.1, -0.05) is 44.4 Å². The summed E-state index contributed by atoms with van der Waals surface area (Å²) in [6.45, 7) is 2.33. The Morgan fingerprint density at radius 3 is 2.39 bits per heavy atom. The fourth-order valence-electron chi connectivity index (χ4n) is 2.35. The van der Waals surface area contributed by atoms with Crippen LogP contribution in [0.5, 0.6) is 17.2 Å². The molecule has 0 atom stereocenters. The summed E-state index contributed by atoms with van der Waals surface area (Å²) in [5, 5.41) is 19.8. The highest BCUT2D eigenvalue weighted by atomic mass is 19.2. The molecule has 124 valence electrons. The highest BCUT2D eigenvalue weighted by molar-refractivity contribution is 5.76. The number of phenolic OH excluding ortho intramolecular Hbond substituents is 2. The van der Waals surface area contributed by atoms with E-state index in [1.54, 1.807) is 12.1 Å². The van der Waals surface area contributed by atoms with Gasteiger partial charge < -0.3 is 14.9 Å². The van der Waals surface area contributed by atoms with E-state index in [0.717, 1.165) is 31.7 Å². The maximum atomic E-state index is 14.3. The van der Waals surface area contributed by atoms with E-state index in [4.69, 9.17) is 4.74 Å². The number of halogens is 2. The number of benzene rings is 2. The minimum absolute atomic E-state index is 0.0240. The summed E-state index contributed by atoms with van der Waals surface area (Å²) in [6.07, 6.45) is 3.80. The van der Waals surface area contributed by atoms with Gasteiger partial charge in [0, 0.05) is 11.6 Å². The highest BCUT2D eigenvalue weighted by Crippen LogP contribution is 2.41. The van der Waals surface area contributed by atoms with E-state index in [-0.39, 0.29) is 29.2 Å². The molecule has 0 amide bonds. The molecule has 5 heteroatoms.